The molecule has 76 valence electrons. The van der Waals surface area contributed by atoms with Crippen molar-refractivity contribution in [1.82, 2.24) is 0 Å². The molecule has 1 aliphatic rings. The Balaban J connectivity index is 2.56. The van der Waals surface area contributed by atoms with E-state index in [4.69, 9.17) is 16.3 Å². The van der Waals surface area contributed by atoms with E-state index < -0.39 is 0 Å². The van der Waals surface area contributed by atoms with Crippen molar-refractivity contribution in [2.24, 2.45) is 5.92 Å². The molecule has 0 spiro atoms. The highest BCUT2D eigenvalue weighted by molar-refractivity contribution is 6.27. The van der Waals surface area contributed by atoms with E-state index in [-0.39, 0.29) is 23.2 Å². The van der Waals surface area contributed by atoms with Crippen LogP contribution in [0, 0.1) is 5.92 Å². The van der Waals surface area contributed by atoms with Crippen LogP contribution < -0.4 is 0 Å². The SMILES string of the molecule is CC[C@@]1(C)C[C@@H](C(=O)CCl)CCO1. The molecule has 0 N–H and O–H groups in total. The predicted molar refractivity (Wildman–Crippen MR) is 53.1 cm³/mol. The van der Waals surface area contributed by atoms with Crippen molar-refractivity contribution in [3.63, 3.8) is 0 Å². The fourth-order valence-corrected chi connectivity index (χ4v) is 1.98. The quantitative estimate of drug-likeness (QED) is 0.660. The molecule has 3 heteroatoms. The zero-order valence-electron chi connectivity index (χ0n) is 8.31. The third-order valence-corrected chi connectivity index (χ3v) is 3.19. The molecular weight excluding hydrogens is 188 g/mol. The lowest BCUT2D eigenvalue weighted by atomic mass is 9.83. The number of ether oxygens (including phenoxy) is 1. The molecule has 0 radical (unpaired) electrons. The minimum Gasteiger partial charge on any atom is -0.375 e. The van der Waals surface area contributed by atoms with Gasteiger partial charge in [-0.05, 0) is 26.2 Å². The molecular formula is C10H17ClO2. The second-order valence-electron chi connectivity index (χ2n) is 3.94. The summed E-state index contributed by atoms with van der Waals surface area (Å²) < 4.78 is 5.64. The van der Waals surface area contributed by atoms with Gasteiger partial charge in [0.2, 0.25) is 0 Å². The standard InChI is InChI=1S/C10H17ClO2/c1-3-10(2)6-8(4-5-13-10)9(12)7-11/h8H,3-7H2,1-2H3/t8-,10-/m0/s1. The summed E-state index contributed by atoms with van der Waals surface area (Å²) in [4.78, 5) is 11.4. The summed E-state index contributed by atoms with van der Waals surface area (Å²) in [6.07, 6.45) is 2.62. The monoisotopic (exact) mass is 204 g/mol. The fourth-order valence-electron chi connectivity index (χ4n) is 1.76. The second kappa shape index (κ2) is 4.43. The number of hydrogen-bond acceptors (Lipinski definition) is 2. The molecule has 0 bridgehead atoms. The minimum atomic E-state index is -0.107. The number of rotatable bonds is 3. The Kier molecular flexibility index (Phi) is 3.74. The molecule has 1 rings (SSSR count). The van der Waals surface area contributed by atoms with Crippen LogP contribution in [0.1, 0.15) is 33.1 Å². The molecule has 13 heavy (non-hydrogen) atoms. The summed E-state index contributed by atoms with van der Waals surface area (Å²) in [5, 5.41) is 0. The Morgan fingerprint density at radius 3 is 2.92 bits per heavy atom. The summed E-state index contributed by atoms with van der Waals surface area (Å²) in [6, 6.07) is 0. The molecule has 0 aliphatic carbocycles. The Morgan fingerprint density at radius 1 is 1.69 bits per heavy atom. The molecule has 0 aromatic heterocycles. The molecule has 1 fully saturated rings. The Hall–Kier alpha value is -0.0800. The lowest BCUT2D eigenvalue weighted by molar-refractivity contribution is -0.132. The van der Waals surface area contributed by atoms with E-state index >= 15 is 0 Å². The molecule has 0 amide bonds. The van der Waals surface area contributed by atoms with Crippen LogP contribution in [0.25, 0.3) is 0 Å². The van der Waals surface area contributed by atoms with Crippen LogP contribution in [0.2, 0.25) is 0 Å². The van der Waals surface area contributed by atoms with Crippen molar-refractivity contribution in [1.29, 1.82) is 0 Å². The van der Waals surface area contributed by atoms with E-state index in [1.165, 1.54) is 0 Å². The molecule has 0 unspecified atom stereocenters. The van der Waals surface area contributed by atoms with E-state index in [2.05, 4.69) is 13.8 Å². The van der Waals surface area contributed by atoms with Gasteiger partial charge in [-0.2, -0.15) is 0 Å². The molecule has 0 aromatic rings. The van der Waals surface area contributed by atoms with Gasteiger partial charge in [-0.15, -0.1) is 11.6 Å². The van der Waals surface area contributed by atoms with E-state index in [0.29, 0.717) is 6.61 Å². The normalized spacial score (nSPS) is 34.5. The zero-order chi connectivity index (χ0) is 9.90. The average molecular weight is 205 g/mol. The first-order chi connectivity index (χ1) is 6.11. The third-order valence-electron chi connectivity index (χ3n) is 2.93. The maximum absolute atomic E-state index is 11.4. The van der Waals surface area contributed by atoms with Crippen molar-refractivity contribution in [2.45, 2.75) is 38.7 Å². The van der Waals surface area contributed by atoms with Gasteiger partial charge >= 0.3 is 0 Å². The molecule has 1 aliphatic heterocycles. The summed E-state index contributed by atoms with van der Waals surface area (Å²) in [5.74, 6) is 0.436. The van der Waals surface area contributed by atoms with Gasteiger partial charge in [-0.1, -0.05) is 6.92 Å². The first kappa shape index (κ1) is 11.0. The molecule has 0 saturated carbocycles. The topological polar surface area (TPSA) is 26.3 Å². The van der Waals surface area contributed by atoms with Crippen LogP contribution in [0.3, 0.4) is 0 Å². The smallest absolute Gasteiger partial charge is 0.150 e. The van der Waals surface area contributed by atoms with Gasteiger partial charge < -0.3 is 4.74 Å². The van der Waals surface area contributed by atoms with E-state index in [1.54, 1.807) is 0 Å². The van der Waals surface area contributed by atoms with Crippen LogP contribution in [0.15, 0.2) is 0 Å². The number of carbonyl (C=O) groups is 1. The van der Waals surface area contributed by atoms with Crippen molar-refractivity contribution in [2.75, 3.05) is 12.5 Å². The third kappa shape index (κ3) is 2.68. The summed E-state index contributed by atoms with van der Waals surface area (Å²) in [6.45, 7) is 4.85. The first-order valence-electron chi connectivity index (χ1n) is 4.84. The molecule has 1 saturated heterocycles. The maximum Gasteiger partial charge on any atom is 0.150 e. The number of carbonyl (C=O) groups excluding carboxylic acids is 1. The lowest BCUT2D eigenvalue weighted by Crippen LogP contribution is -2.39. The maximum atomic E-state index is 11.4. The predicted octanol–water partition coefficient (Wildman–Crippen LogP) is 2.39. The van der Waals surface area contributed by atoms with Crippen molar-refractivity contribution in [3.8, 4) is 0 Å². The highest BCUT2D eigenvalue weighted by Gasteiger charge is 2.34. The highest BCUT2D eigenvalue weighted by Crippen LogP contribution is 2.32. The van der Waals surface area contributed by atoms with Crippen LogP contribution in [-0.2, 0) is 9.53 Å². The van der Waals surface area contributed by atoms with Crippen molar-refractivity contribution >= 4 is 17.4 Å². The number of halogens is 1. The van der Waals surface area contributed by atoms with Crippen LogP contribution >= 0.6 is 11.6 Å². The fraction of sp³-hybridized carbons (Fsp3) is 0.900. The van der Waals surface area contributed by atoms with Crippen LogP contribution in [0.5, 0.6) is 0 Å². The van der Waals surface area contributed by atoms with Crippen molar-refractivity contribution in [3.05, 3.63) is 0 Å². The van der Waals surface area contributed by atoms with Gasteiger partial charge in [-0.3, -0.25) is 4.79 Å². The van der Waals surface area contributed by atoms with Crippen LogP contribution in [0.4, 0.5) is 0 Å². The Labute approximate surface area is 84.6 Å². The average Bonchev–Trinajstić information content (AvgIpc) is 2.17. The van der Waals surface area contributed by atoms with Gasteiger partial charge in [0.15, 0.2) is 5.78 Å². The lowest BCUT2D eigenvalue weighted by Gasteiger charge is -2.36. The second-order valence-corrected chi connectivity index (χ2v) is 4.21. The van der Waals surface area contributed by atoms with Gasteiger partial charge in [0.1, 0.15) is 0 Å². The molecule has 2 nitrogen and oxygen atoms in total. The Bertz CT molecular complexity index is 193. The van der Waals surface area contributed by atoms with E-state index in [0.717, 1.165) is 19.3 Å². The summed E-state index contributed by atoms with van der Waals surface area (Å²) in [5.41, 5.74) is -0.107. The first-order valence-corrected chi connectivity index (χ1v) is 5.37. The number of alkyl halides is 1. The Morgan fingerprint density at radius 2 is 2.38 bits per heavy atom. The van der Waals surface area contributed by atoms with Gasteiger partial charge in [-0.25, -0.2) is 0 Å². The number of hydrogen-bond donors (Lipinski definition) is 0. The molecule has 0 aromatic carbocycles. The minimum absolute atomic E-state index is 0.107. The molecule has 1 heterocycles. The highest BCUT2D eigenvalue weighted by atomic mass is 35.5. The van der Waals surface area contributed by atoms with E-state index in [9.17, 15) is 4.79 Å². The summed E-state index contributed by atoms with van der Waals surface area (Å²) in [7, 11) is 0. The number of ketones is 1. The molecule has 2 atom stereocenters. The summed E-state index contributed by atoms with van der Waals surface area (Å²) >= 11 is 5.53. The largest absolute Gasteiger partial charge is 0.375 e. The van der Waals surface area contributed by atoms with Crippen LogP contribution in [-0.4, -0.2) is 23.9 Å². The van der Waals surface area contributed by atoms with Crippen molar-refractivity contribution < 1.29 is 9.53 Å². The van der Waals surface area contributed by atoms with Gasteiger partial charge in [0, 0.05) is 12.5 Å². The van der Waals surface area contributed by atoms with Gasteiger partial charge in [0.25, 0.3) is 0 Å². The van der Waals surface area contributed by atoms with Gasteiger partial charge in [0.05, 0.1) is 11.5 Å². The van der Waals surface area contributed by atoms with E-state index in [1.807, 2.05) is 0 Å². The zero-order valence-corrected chi connectivity index (χ0v) is 9.06. The number of Topliss-reactive ketones (excluding diaryl/α,β-unsaturated/α-hetero) is 1.